The van der Waals surface area contributed by atoms with Gasteiger partial charge in [0.05, 0.1) is 16.7 Å². The van der Waals surface area contributed by atoms with Gasteiger partial charge in [0.2, 0.25) is 0 Å². The molecule has 0 aliphatic carbocycles. The maximum Gasteiger partial charge on any atom is 0.416 e. The first kappa shape index (κ1) is 29.5. The largest absolute Gasteiger partial charge is 0.452 e. The van der Waals surface area contributed by atoms with Crippen LogP contribution in [0.25, 0.3) is 0 Å². The highest BCUT2D eigenvalue weighted by molar-refractivity contribution is 5.98. The first-order chi connectivity index (χ1) is 17.1. The van der Waals surface area contributed by atoms with E-state index in [-0.39, 0.29) is 37.1 Å². The van der Waals surface area contributed by atoms with Gasteiger partial charge in [0.15, 0.2) is 12.3 Å². The molecule has 0 saturated carbocycles. The Hall–Kier alpha value is -3.78. The fourth-order valence-corrected chi connectivity index (χ4v) is 3.32. The number of anilines is 2. The van der Waals surface area contributed by atoms with Gasteiger partial charge < -0.3 is 15.4 Å². The number of esters is 1. The number of carbonyl (C=O) groups is 2. The van der Waals surface area contributed by atoms with Gasteiger partial charge in [-0.3, -0.25) is 19.1 Å². The molecule has 0 fully saturated rings. The van der Waals surface area contributed by atoms with Crippen molar-refractivity contribution in [1.82, 2.24) is 9.55 Å². The van der Waals surface area contributed by atoms with Gasteiger partial charge in [0.1, 0.15) is 5.82 Å². The standard InChI is InChI=1S/C22H24F6N4O5/c1-3-5-7-31(16-17(29)32(6-4-2)20(36)30-18(16)34)15(33)11-37-19(35)12-8-13(21(23,24)25)10-14(9-12)22(26,27)28/h8-10H,3-7,11,29H2,1-2H3,(H,30,34,36). The maximum atomic E-state index is 13.1. The van der Waals surface area contributed by atoms with Crippen molar-refractivity contribution in [2.45, 2.75) is 52.0 Å². The molecule has 2 rings (SSSR count). The maximum absolute atomic E-state index is 13.1. The van der Waals surface area contributed by atoms with Gasteiger partial charge in [-0.2, -0.15) is 26.3 Å². The Bertz CT molecular complexity index is 1230. The summed E-state index contributed by atoms with van der Waals surface area (Å²) in [4.78, 5) is 52.7. The Morgan fingerprint density at radius 3 is 2.05 bits per heavy atom. The number of amides is 1. The average Bonchev–Trinajstić information content (AvgIpc) is 2.80. The number of alkyl halides is 6. The molecule has 0 atom stereocenters. The summed E-state index contributed by atoms with van der Waals surface area (Å²) in [6.07, 6.45) is -9.05. The minimum absolute atomic E-state index is 0.105. The predicted molar refractivity (Wildman–Crippen MR) is 120 cm³/mol. The van der Waals surface area contributed by atoms with E-state index in [1.54, 1.807) is 13.8 Å². The van der Waals surface area contributed by atoms with Crippen molar-refractivity contribution in [2.75, 3.05) is 23.8 Å². The molecular formula is C22H24F6N4O5. The average molecular weight is 538 g/mol. The number of aromatic amines is 1. The van der Waals surface area contributed by atoms with Gasteiger partial charge in [-0.15, -0.1) is 0 Å². The summed E-state index contributed by atoms with van der Waals surface area (Å²) in [5.41, 5.74) is -0.791. The molecule has 1 heterocycles. The predicted octanol–water partition coefficient (Wildman–Crippen LogP) is 3.56. The van der Waals surface area contributed by atoms with E-state index in [1.807, 2.05) is 4.98 Å². The summed E-state index contributed by atoms with van der Waals surface area (Å²) in [5, 5.41) is 0. The normalized spacial score (nSPS) is 11.9. The minimum atomic E-state index is -5.19. The Morgan fingerprint density at radius 1 is 1.00 bits per heavy atom. The van der Waals surface area contributed by atoms with Crippen LogP contribution in [0.5, 0.6) is 0 Å². The van der Waals surface area contributed by atoms with E-state index in [9.17, 15) is 45.5 Å². The van der Waals surface area contributed by atoms with E-state index in [0.29, 0.717) is 19.3 Å². The number of rotatable bonds is 9. The van der Waals surface area contributed by atoms with Crippen LogP contribution in [0.1, 0.15) is 54.6 Å². The van der Waals surface area contributed by atoms with E-state index in [0.717, 1.165) is 9.47 Å². The third-order valence-corrected chi connectivity index (χ3v) is 5.12. The summed E-state index contributed by atoms with van der Waals surface area (Å²) in [6.45, 7) is 2.36. The van der Waals surface area contributed by atoms with Crippen LogP contribution in [0.4, 0.5) is 37.8 Å². The number of aromatic nitrogens is 2. The van der Waals surface area contributed by atoms with Crippen molar-refractivity contribution in [3.05, 3.63) is 55.7 Å². The number of carbonyl (C=O) groups excluding carboxylic acids is 2. The molecule has 0 bridgehead atoms. The zero-order valence-corrected chi connectivity index (χ0v) is 19.8. The Balaban J connectivity index is 2.39. The monoisotopic (exact) mass is 538 g/mol. The van der Waals surface area contributed by atoms with Crippen molar-refractivity contribution in [3.63, 3.8) is 0 Å². The number of nitrogens with zero attached hydrogens (tertiary/aromatic N) is 2. The third-order valence-electron chi connectivity index (χ3n) is 5.12. The van der Waals surface area contributed by atoms with E-state index in [1.165, 1.54) is 0 Å². The molecule has 0 aliphatic rings. The van der Waals surface area contributed by atoms with E-state index in [4.69, 9.17) is 10.5 Å². The van der Waals surface area contributed by atoms with E-state index < -0.39 is 64.5 Å². The Labute approximate surface area is 205 Å². The zero-order chi connectivity index (χ0) is 28.1. The Morgan fingerprint density at radius 2 is 1.57 bits per heavy atom. The van der Waals surface area contributed by atoms with Crippen molar-refractivity contribution in [1.29, 1.82) is 0 Å². The van der Waals surface area contributed by atoms with Gasteiger partial charge >= 0.3 is 24.0 Å². The highest BCUT2D eigenvalue weighted by Gasteiger charge is 2.38. The lowest BCUT2D eigenvalue weighted by molar-refractivity contribution is -0.143. The highest BCUT2D eigenvalue weighted by Crippen LogP contribution is 2.36. The molecule has 9 nitrogen and oxygen atoms in total. The van der Waals surface area contributed by atoms with Gasteiger partial charge in [-0.25, -0.2) is 9.59 Å². The van der Waals surface area contributed by atoms with Crippen LogP contribution in [0, 0.1) is 0 Å². The van der Waals surface area contributed by atoms with Crippen LogP contribution in [0.2, 0.25) is 0 Å². The molecule has 3 N–H and O–H groups in total. The number of hydrogen-bond acceptors (Lipinski definition) is 6. The fraction of sp³-hybridized carbons (Fsp3) is 0.455. The summed E-state index contributed by atoms with van der Waals surface area (Å²) >= 11 is 0. The molecule has 37 heavy (non-hydrogen) atoms. The Kier molecular flexibility index (Phi) is 9.17. The molecule has 15 heteroatoms. The number of benzene rings is 1. The first-order valence-corrected chi connectivity index (χ1v) is 11.0. The molecule has 1 amide bonds. The molecule has 0 spiro atoms. The lowest BCUT2D eigenvalue weighted by Gasteiger charge is -2.24. The number of halogens is 6. The zero-order valence-electron chi connectivity index (χ0n) is 19.8. The topological polar surface area (TPSA) is 127 Å². The van der Waals surface area contributed by atoms with E-state index >= 15 is 0 Å². The number of nitrogen functional groups attached to an aromatic ring is 1. The van der Waals surface area contributed by atoms with Gasteiger partial charge in [-0.1, -0.05) is 20.3 Å². The van der Waals surface area contributed by atoms with Crippen LogP contribution in [0.15, 0.2) is 27.8 Å². The number of hydrogen-bond donors (Lipinski definition) is 2. The summed E-state index contributed by atoms with van der Waals surface area (Å²) in [7, 11) is 0. The SMILES string of the molecule is CCCCN(C(=O)COC(=O)c1cc(C(F)(F)F)cc(C(F)(F)F)c1)c1c(N)n(CCC)c(=O)[nH]c1=O. The van der Waals surface area contributed by atoms with Crippen molar-refractivity contribution >= 4 is 23.4 Å². The highest BCUT2D eigenvalue weighted by atomic mass is 19.4. The van der Waals surface area contributed by atoms with E-state index in [2.05, 4.69) is 0 Å². The van der Waals surface area contributed by atoms with Crippen molar-refractivity contribution in [2.24, 2.45) is 0 Å². The van der Waals surface area contributed by atoms with Crippen LogP contribution >= 0.6 is 0 Å². The second kappa shape index (κ2) is 11.5. The number of H-pyrrole nitrogens is 1. The molecule has 0 unspecified atom stereocenters. The number of ether oxygens (including phenoxy) is 1. The third kappa shape index (κ3) is 7.13. The second-order valence-electron chi connectivity index (χ2n) is 7.91. The number of unbranched alkanes of at least 4 members (excludes halogenated alkanes) is 1. The molecule has 204 valence electrons. The lowest BCUT2D eigenvalue weighted by Crippen LogP contribution is -2.43. The van der Waals surface area contributed by atoms with Crippen molar-refractivity contribution in [3.8, 4) is 0 Å². The number of nitrogens with one attached hydrogen (secondary N) is 1. The molecule has 0 aliphatic heterocycles. The summed E-state index contributed by atoms with van der Waals surface area (Å²) < 4.78 is 84.1. The van der Waals surface area contributed by atoms with Crippen LogP contribution in [0.3, 0.4) is 0 Å². The second-order valence-corrected chi connectivity index (χ2v) is 7.91. The quantitative estimate of drug-likeness (QED) is 0.371. The smallest absolute Gasteiger partial charge is 0.416 e. The molecule has 0 radical (unpaired) electrons. The van der Waals surface area contributed by atoms with Crippen LogP contribution < -0.4 is 21.9 Å². The van der Waals surface area contributed by atoms with Gasteiger partial charge in [-0.05, 0) is 31.0 Å². The fourth-order valence-electron chi connectivity index (χ4n) is 3.32. The van der Waals surface area contributed by atoms with Crippen LogP contribution in [-0.4, -0.2) is 34.6 Å². The van der Waals surface area contributed by atoms with Crippen LogP contribution in [-0.2, 0) is 28.4 Å². The molecular weight excluding hydrogens is 514 g/mol. The molecule has 1 aromatic heterocycles. The summed E-state index contributed by atoms with van der Waals surface area (Å²) in [5.74, 6) is -3.00. The number of nitrogens with two attached hydrogens (primary N) is 1. The van der Waals surface area contributed by atoms with Gasteiger partial charge in [0, 0.05) is 13.1 Å². The molecule has 1 aromatic carbocycles. The minimum Gasteiger partial charge on any atom is -0.452 e. The summed E-state index contributed by atoms with van der Waals surface area (Å²) in [6, 6.07) is 0.176. The molecule has 0 saturated heterocycles. The first-order valence-electron chi connectivity index (χ1n) is 11.0. The lowest BCUT2D eigenvalue weighted by atomic mass is 10.0. The van der Waals surface area contributed by atoms with Crippen molar-refractivity contribution < 1.29 is 40.7 Å². The molecule has 2 aromatic rings. The van der Waals surface area contributed by atoms with Gasteiger partial charge in [0.25, 0.3) is 11.5 Å².